The van der Waals surface area contributed by atoms with Gasteiger partial charge in [0, 0.05) is 17.2 Å². The van der Waals surface area contributed by atoms with Crippen LogP contribution in [-0.2, 0) is 10.0 Å². The lowest BCUT2D eigenvalue weighted by Crippen LogP contribution is -2.39. The van der Waals surface area contributed by atoms with Gasteiger partial charge < -0.3 is 0 Å². The van der Waals surface area contributed by atoms with Crippen LogP contribution in [-0.4, -0.2) is 37.6 Å². The Morgan fingerprint density at radius 2 is 1.93 bits per heavy atom. The quantitative estimate of drug-likeness (QED) is 0.776. The average Bonchev–Trinajstić information content (AvgIpc) is 2.18. The highest BCUT2D eigenvalue weighted by atomic mass is 35.5. The molecule has 0 saturated heterocycles. The van der Waals surface area contributed by atoms with E-state index < -0.39 is 10.0 Å². The lowest BCUT2D eigenvalue weighted by Gasteiger charge is -2.27. The monoisotopic (exact) mass is 271 g/mol. The van der Waals surface area contributed by atoms with Crippen LogP contribution < -0.4 is 4.72 Å². The molecule has 1 aliphatic rings. The molecule has 0 spiro atoms. The molecular weight excluding hydrogens is 254 g/mol. The van der Waals surface area contributed by atoms with Crippen LogP contribution in [0.5, 0.6) is 0 Å². The minimum absolute atomic E-state index is 0.0248. The zero-order chi connectivity index (χ0) is 11.3. The van der Waals surface area contributed by atoms with Gasteiger partial charge in [0.25, 0.3) is 0 Å². The second kappa shape index (κ2) is 6.33. The summed E-state index contributed by atoms with van der Waals surface area (Å²) in [7, 11) is -3.14. The Morgan fingerprint density at radius 3 is 2.40 bits per heavy atom. The maximum Gasteiger partial charge on any atom is 0.213 e. The largest absolute Gasteiger partial charge is 0.213 e. The van der Waals surface area contributed by atoms with E-state index in [1.807, 2.05) is 11.8 Å². The van der Waals surface area contributed by atoms with Crippen LogP contribution in [0.25, 0.3) is 0 Å². The highest BCUT2D eigenvalue weighted by Crippen LogP contribution is 2.27. The summed E-state index contributed by atoms with van der Waals surface area (Å²) in [6.45, 7) is 0. The van der Waals surface area contributed by atoms with Gasteiger partial charge in [0.15, 0.2) is 0 Å². The molecular formula is C9H18ClNO2S2. The smallest absolute Gasteiger partial charge is 0.212 e. The molecule has 0 aromatic heterocycles. The number of rotatable bonds is 5. The molecule has 1 rings (SSSR count). The average molecular weight is 272 g/mol. The molecule has 0 aromatic carbocycles. The second-order valence-electron chi connectivity index (χ2n) is 3.84. The van der Waals surface area contributed by atoms with Crippen molar-refractivity contribution in [3.8, 4) is 0 Å². The van der Waals surface area contributed by atoms with E-state index in [0.717, 1.165) is 25.7 Å². The van der Waals surface area contributed by atoms with Crippen molar-refractivity contribution in [1.29, 1.82) is 0 Å². The third-order valence-electron chi connectivity index (χ3n) is 2.70. The third kappa shape index (κ3) is 4.93. The van der Waals surface area contributed by atoms with Crippen LogP contribution in [0, 0.1) is 0 Å². The molecule has 0 atom stereocenters. The molecule has 0 heterocycles. The van der Waals surface area contributed by atoms with Gasteiger partial charge in [-0.05, 0) is 31.9 Å². The van der Waals surface area contributed by atoms with E-state index in [4.69, 9.17) is 11.6 Å². The number of thioether (sulfide) groups is 1. The SMILES string of the molecule is CSC1CCC(NS(=O)(=O)CCCl)CC1. The van der Waals surface area contributed by atoms with Gasteiger partial charge in [-0.1, -0.05) is 0 Å². The topological polar surface area (TPSA) is 46.2 Å². The molecule has 1 aliphatic carbocycles. The van der Waals surface area contributed by atoms with Gasteiger partial charge in [0.05, 0.1) is 5.75 Å². The van der Waals surface area contributed by atoms with Gasteiger partial charge >= 0.3 is 0 Å². The fourth-order valence-corrected chi connectivity index (χ4v) is 4.25. The van der Waals surface area contributed by atoms with Crippen molar-refractivity contribution in [2.24, 2.45) is 0 Å². The van der Waals surface area contributed by atoms with Gasteiger partial charge in [-0.2, -0.15) is 11.8 Å². The van der Waals surface area contributed by atoms with Gasteiger partial charge in [-0.3, -0.25) is 0 Å². The summed E-state index contributed by atoms with van der Waals surface area (Å²) in [6, 6.07) is 0.126. The molecule has 1 N–H and O–H groups in total. The Labute approximate surface area is 101 Å². The van der Waals surface area contributed by atoms with Gasteiger partial charge in [0.2, 0.25) is 10.0 Å². The van der Waals surface area contributed by atoms with Crippen molar-refractivity contribution in [2.75, 3.05) is 17.9 Å². The maximum atomic E-state index is 11.4. The van der Waals surface area contributed by atoms with E-state index in [0.29, 0.717) is 5.25 Å². The lowest BCUT2D eigenvalue weighted by molar-refractivity contribution is 0.420. The van der Waals surface area contributed by atoms with Crippen LogP contribution in [0.4, 0.5) is 0 Å². The van der Waals surface area contributed by atoms with Gasteiger partial charge in [0.1, 0.15) is 0 Å². The third-order valence-corrected chi connectivity index (χ3v) is 5.68. The first-order valence-electron chi connectivity index (χ1n) is 5.16. The number of sulfonamides is 1. The van der Waals surface area contributed by atoms with Crippen LogP contribution in [0.1, 0.15) is 25.7 Å². The van der Waals surface area contributed by atoms with E-state index in [1.54, 1.807) is 0 Å². The summed E-state index contributed by atoms with van der Waals surface area (Å²) < 4.78 is 25.6. The van der Waals surface area contributed by atoms with E-state index in [-0.39, 0.29) is 17.7 Å². The number of nitrogens with one attached hydrogen (secondary N) is 1. The molecule has 15 heavy (non-hydrogen) atoms. The van der Waals surface area contributed by atoms with Crippen molar-refractivity contribution >= 4 is 33.4 Å². The van der Waals surface area contributed by atoms with E-state index in [9.17, 15) is 8.42 Å². The minimum atomic E-state index is -3.14. The molecule has 90 valence electrons. The van der Waals surface area contributed by atoms with Crippen molar-refractivity contribution in [3.63, 3.8) is 0 Å². The summed E-state index contributed by atoms with van der Waals surface area (Å²) in [4.78, 5) is 0. The van der Waals surface area contributed by atoms with Gasteiger partial charge in [-0.15, -0.1) is 11.6 Å². The zero-order valence-electron chi connectivity index (χ0n) is 8.91. The Bertz CT molecular complexity index is 274. The predicted molar refractivity (Wildman–Crippen MR) is 67.2 cm³/mol. The van der Waals surface area contributed by atoms with Crippen molar-refractivity contribution in [1.82, 2.24) is 4.72 Å². The Kier molecular flexibility index (Phi) is 5.74. The number of hydrogen-bond donors (Lipinski definition) is 1. The van der Waals surface area contributed by atoms with E-state index in [1.165, 1.54) is 0 Å². The molecule has 3 nitrogen and oxygen atoms in total. The molecule has 0 aliphatic heterocycles. The maximum absolute atomic E-state index is 11.4. The Balaban J connectivity index is 2.35. The molecule has 6 heteroatoms. The number of hydrogen-bond acceptors (Lipinski definition) is 3. The van der Waals surface area contributed by atoms with Crippen LogP contribution in [0.2, 0.25) is 0 Å². The summed E-state index contributed by atoms with van der Waals surface area (Å²) in [6.07, 6.45) is 6.23. The molecule has 1 fully saturated rings. The fourth-order valence-electron chi connectivity index (χ4n) is 1.83. The van der Waals surface area contributed by atoms with Crippen molar-refractivity contribution in [3.05, 3.63) is 0 Å². The van der Waals surface area contributed by atoms with Crippen LogP contribution >= 0.6 is 23.4 Å². The first-order chi connectivity index (χ1) is 7.07. The first kappa shape index (κ1) is 13.6. The summed E-state index contributed by atoms with van der Waals surface area (Å²) in [5.74, 6) is 0.187. The molecule has 0 unspecified atom stereocenters. The summed E-state index contributed by atoms with van der Waals surface area (Å²) in [5, 5.41) is 0.707. The highest BCUT2D eigenvalue weighted by Gasteiger charge is 2.23. The van der Waals surface area contributed by atoms with Crippen LogP contribution in [0.3, 0.4) is 0 Å². The van der Waals surface area contributed by atoms with Gasteiger partial charge in [-0.25, -0.2) is 13.1 Å². The zero-order valence-corrected chi connectivity index (χ0v) is 11.3. The van der Waals surface area contributed by atoms with E-state index >= 15 is 0 Å². The Morgan fingerprint density at radius 1 is 1.33 bits per heavy atom. The normalized spacial score (nSPS) is 27.9. The molecule has 0 bridgehead atoms. The van der Waals surface area contributed by atoms with Crippen LogP contribution in [0.15, 0.2) is 0 Å². The second-order valence-corrected chi connectivity index (χ2v) is 7.22. The molecule has 1 saturated carbocycles. The standard InChI is InChI=1S/C9H18ClNO2S2/c1-14-9-4-2-8(3-5-9)11-15(12,13)7-6-10/h8-9,11H,2-7H2,1H3. The minimum Gasteiger partial charge on any atom is -0.212 e. The van der Waals surface area contributed by atoms with Crippen molar-refractivity contribution in [2.45, 2.75) is 37.0 Å². The highest BCUT2D eigenvalue weighted by molar-refractivity contribution is 7.99. The fraction of sp³-hybridized carbons (Fsp3) is 1.00. The summed E-state index contributed by atoms with van der Waals surface area (Å²) >= 11 is 7.30. The lowest BCUT2D eigenvalue weighted by atomic mass is 9.96. The predicted octanol–water partition coefficient (Wildman–Crippen LogP) is 1.82. The van der Waals surface area contributed by atoms with Crippen molar-refractivity contribution < 1.29 is 8.42 Å². The molecule has 0 amide bonds. The first-order valence-corrected chi connectivity index (χ1v) is 8.63. The molecule has 0 radical (unpaired) electrons. The number of halogens is 1. The number of alkyl halides is 1. The summed E-state index contributed by atoms with van der Waals surface area (Å²) in [5.41, 5.74) is 0. The van der Waals surface area contributed by atoms with E-state index in [2.05, 4.69) is 11.0 Å². The Hall–Kier alpha value is 0.550. The molecule has 0 aromatic rings.